The van der Waals surface area contributed by atoms with E-state index in [9.17, 15) is 14.4 Å². The summed E-state index contributed by atoms with van der Waals surface area (Å²) in [6.45, 7) is 2.13. The molecule has 7 nitrogen and oxygen atoms in total. The Morgan fingerprint density at radius 3 is 2.68 bits per heavy atom. The SMILES string of the molecule is CCOC(=O)COc1c(Cl)cc(C=C2SC(=O)N(CC3CCCCC3)C2=O)cc1OC. The number of benzene rings is 1. The van der Waals surface area contributed by atoms with Crippen LogP contribution in [0.2, 0.25) is 5.02 Å². The Labute approximate surface area is 191 Å². The van der Waals surface area contributed by atoms with E-state index in [-0.39, 0.29) is 35.1 Å². The van der Waals surface area contributed by atoms with Crippen LogP contribution in [0.5, 0.6) is 11.5 Å². The third kappa shape index (κ3) is 5.95. The van der Waals surface area contributed by atoms with E-state index in [0.29, 0.717) is 28.7 Å². The number of carbonyl (C=O) groups excluding carboxylic acids is 3. The fourth-order valence-electron chi connectivity index (χ4n) is 3.73. The number of halogens is 1. The van der Waals surface area contributed by atoms with Crippen molar-refractivity contribution in [2.75, 3.05) is 26.9 Å². The van der Waals surface area contributed by atoms with Gasteiger partial charge >= 0.3 is 5.97 Å². The van der Waals surface area contributed by atoms with Crippen LogP contribution in [-0.4, -0.2) is 48.9 Å². The zero-order chi connectivity index (χ0) is 22.4. The van der Waals surface area contributed by atoms with Gasteiger partial charge in [0, 0.05) is 6.54 Å². The average molecular weight is 468 g/mol. The lowest BCUT2D eigenvalue weighted by Gasteiger charge is -2.25. The van der Waals surface area contributed by atoms with E-state index in [1.54, 1.807) is 25.1 Å². The van der Waals surface area contributed by atoms with Crippen LogP contribution >= 0.6 is 23.4 Å². The minimum atomic E-state index is -0.517. The number of ether oxygens (including phenoxy) is 3. The van der Waals surface area contributed by atoms with Crippen LogP contribution < -0.4 is 9.47 Å². The molecule has 1 saturated carbocycles. The highest BCUT2D eigenvalue weighted by Gasteiger charge is 2.36. The number of hydrogen-bond acceptors (Lipinski definition) is 7. The van der Waals surface area contributed by atoms with E-state index in [1.807, 2.05) is 0 Å². The van der Waals surface area contributed by atoms with Crippen LogP contribution in [0.1, 0.15) is 44.6 Å². The number of thioether (sulfide) groups is 1. The first-order chi connectivity index (χ1) is 14.9. The summed E-state index contributed by atoms with van der Waals surface area (Å²) in [6.07, 6.45) is 7.26. The van der Waals surface area contributed by atoms with Crippen LogP contribution in [-0.2, 0) is 14.3 Å². The summed E-state index contributed by atoms with van der Waals surface area (Å²) in [5.41, 5.74) is 0.591. The summed E-state index contributed by atoms with van der Waals surface area (Å²) in [7, 11) is 1.45. The molecule has 2 aliphatic rings. The summed E-state index contributed by atoms with van der Waals surface area (Å²) in [5, 5.41) is -0.0226. The van der Waals surface area contributed by atoms with Gasteiger partial charge in [-0.3, -0.25) is 14.5 Å². The number of carbonyl (C=O) groups is 3. The highest BCUT2D eigenvalue weighted by molar-refractivity contribution is 8.18. The number of hydrogen-bond donors (Lipinski definition) is 0. The quantitative estimate of drug-likeness (QED) is 0.397. The van der Waals surface area contributed by atoms with Gasteiger partial charge in [0.05, 0.1) is 23.6 Å². The van der Waals surface area contributed by atoms with Crippen LogP contribution in [0, 0.1) is 5.92 Å². The molecule has 0 N–H and O–H groups in total. The van der Waals surface area contributed by atoms with Gasteiger partial charge in [-0.25, -0.2) is 4.79 Å². The standard InChI is InChI=1S/C22H26ClNO6S/c1-3-29-19(25)13-30-20-16(23)9-15(10-17(20)28-2)11-18-21(26)24(22(27)31-18)12-14-7-5-4-6-8-14/h9-11,14H,3-8,12-13H2,1-2H3. The molecule has 0 aromatic heterocycles. The second-order valence-corrected chi connectivity index (χ2v) is 8.82. The molecule has 0 radical (unpaired) electrons. The lowest BCUT2D eigenvalue weighted by molar-refractivity contribution is -0.145. The molecule has 1 saturated heterocycles. The number of imide groups is 1. The van der Waals surface area contributed by atoms with E-state index in [0.717, 1.165) is 37.4 Å². The molecule has 168 valence electrons. The van der Waals surface area contributed by atoms with Crippen LogP contribution in [0.25, 0.3) is 6.08 Å². The van der Waals surface area contributed by atoms with Crippen molar-refractivity contribution in [2.45, 2.75) is 39.0 Å². The van der Waals surface area contributed by atoms with Crippen molar-refractivity contribution < 1.29 is 28.6 Å². The molecule has 1 heterocycles. The zero-order valence-corrected chi connectivity index (χ0v) is 19.2. The molecule has 1 aliphatic carbocycles. The topological polar surface area (TPSA) is 82.1 Å². The molecule has 1 aromatic carbocycles. The molecular formula is C22H26ClNO6S. The summed E-state index contributed by atoms with van der Waals surface area (Å²) < 4.78 is 15.6. The monoisotopic (exact) mass is 467 g/mol. The number of esters is 1. The van der Waals surface area contributed by atoms with Crippen molar-refractivity contribution in [1.82, 2.24) is 4.90 Å². The smallest absolute Gasteiger partial charge is 0.344 e. The number of rotatable bonds is 8. The van der Waals surface area contributed by atoms with E-state index in [4.69, 9.17) is 25.8 Å². The Balaban J connectivity index is 1.74. The molecule has 0 unspecified atom stereocenters. The van der Waals surface area contributed by atoms with E-state index in [2.05, 4.69) is 0 Å². The summed E-state index contributed by atoms with van der Waals surface area (Å²) >= 11 is 7.26. The van der Waals surface area contributed by atoms with Gasteiger partial charge in [0.15, 0.2) is 18.1 Å². The Bertz CT molecular complexity index is 881. The van der Waals surface area contributed by atoms with E-state index >= 15 is 0 Å². The van der Waals surface area contributed by atoms with Gasteiger partial charge in [-0.15, -0.1) is 0 Å². The van der Waals surface area contributed by atoms with E-state index in [1.165, 1.54) is 18.4 Å². The molecule has 3 rings (SSSR count). The van der Waals surface area contributed by atoms with Crippen molar-refractivity contribution in [1.29, 1.82) is 0 Å². The molecule has 9 heteroatoms. The highest BCUT2D eigenvalue weighted by Crippen LogP contribution is 2.39. The minimum absolute atomic E-state index is 0.208. The summed E-state index contributed by atoms with van der Waals surface area (Å²) in [5.74, 6) is 0.103. The number of methoxy groups -OCH3 is 1. The van der Waals surface area contributed by atoms with Gasteiger partial charge in [0.25, 0.3) is 11.1 Å². The fraction of sp³-hybridized carbons (Fsp3) is 0.500. The van der Waals surface area contributed by atoms with Gasteiger partial charge in [0.1, 0.15) is 0 Å². The zero-order valence-electron chi connectivity index (χ0n) is 17.6. The van der Waals surface area contributed by atoms with Crippen molar-refractivity contribution in [2.24, 2.45) is 5.92 Å². The van der Waals surface area contributed by atoms with Crippen LogP contribution in [0.4, 0.5) is 4.79 Å². The van der Waals surface area contributed by atoms with Crippen LogP contribution in [0.3, 0.4) is 0 Å². The van der Waals surface area contributed by atoms with Crippen molar-refractivity contribution in [3.63, 3.8) is 0 Å². The number of nitrogens with zero attached hydrogens (tertiary/aromatic N) is 1. The van der Waals surface area contributed by atoms with Crippen molar-refractivity contribution >= 4 is 46.6 Å². The fourth-order valence-corrected chi connectivity index (χ4v) is 4.86. The Morgan fingerprint density at radius 1 is 1.26 bits per heavy atom. The van der Waals surface area contributed by atoms with Crippen molar-refractivity contribution in [3.05, 3.63) is 27.6 Å². The summed E-state index contributed by atoms with van der Waals surface area (Å²) in [4.78, 5) is 38.5. The predicted octanol–water partition coefficient (Wildman–Crippen LogP) is 4.91. The van der Waals surface area contributed by atoms with Gasteiger partial charge in [-0.05, 0) is 61.2 Å². The Morgan fingerprint density at radius 2 is 2.00 bits per heavy atom. The molecule has 2 fully saturated rings. The van der Waals surface area contributed by atoms with Crippen molar-refractivity contribution in [3.8, 4) is 11.5 Å². The first-order valence-corrected chi connectivity index (χ1v) is 11.5. The normalized spacial score (nSPS) is 18.5. The molecule has 0 atom stereocenters. The lowest BCUT2D eigenvalue weighted by atomic mass is 9.89. The highest BCUT2D eigenvalue weighted by atomic mass is 35.5. The second-order valence-electron chi connectivity index (χ2n) is 7.42. The molecule has 0 spiro atoms. The molecule has 31 heavy (non-hydrogen) atoms. The molecule has 0 bridgehead atoms. The van der Waals surface area contributed by atoms with Gasteiger partial charge in [-0.2, -0.15) is 0 Å². The van der Waals surface area contributed by atoms with Crippen LogP contribution in [0.15, 0.2) is 17.0 Å². The maximum Gasteiger partial charge on any atom is 0.344 e. The third-order valence-electron chi connectivity index (χ3n) is 5.23. The molecule has 1 aromatic rings. The number of amides is 2. The molecule has 2 amide bonds. The van der Waals surface area contributed by atoms with Gasteiger partial charge in [-0.1, -0.05) is 30.9 Å². The maximum atomic E-state index is 12.8. The Hall–Kier alpha value is -2.19. The Kier molecular flexibility index (Phi) is 8.26. The third-order valence-corrected chi connectivity index (χ3v) is 6.42. The minimum Gasteiger partial charge on any atom is -0.493 e. The second kappa shape index (κ2) is 10.9. The molecule has 1 aliphatic heterocycles. The predicted molar refractivity (Wildman–Crippen MR) is 119 cm³/mol. The van der Waals surface area contributed by atoms with E-state index < -0.39 is 5.97 Å². The molecular weight excluding hydrogens is 442 g/mol. The van der Waals surface area contributed by atoms with Gasteiger partial charge in [0.2, 0.25) is 0 Å². The largest absolute Gasteiger partial charge is 0.493 e. The first kappa shape index (κ1) is 23.5. The first-order valence-electron chi connectivity index (χ1n) is 10.3. The lowest BCUT2D eigenvalue weighted by Crippen LogP contribution is -2.34. The summed E-state index contributed by atoms with van der Waals surface area (Å²) in [6, 6.07) is 3.24. The average Bonchev–Trinajstić information content (AvgIpc) is 3.01. The van der Waals surface area contributed by atoms with Gasteiger partial charge < -0.3 is 14.2 Å². The maximum absolute atomic E-state index is 12.8.